The molecular formula is C18H20ClF3N2O3. The number of hydrogen-bond acceptors (Lipinski definition) is 5. The third-order valence-electron chi connectivity index (χ3n) is 4.38. The van der Waals surface area contributed by atoms with Crippen molar-refractivity contribution < 1.29 is 27.1 Å². The molecule has 1 aliphatic heterocycles. The van der Waals surface area contributed by atoms with Crippen LogP contribution in [0.3, 0.4) is 0 Å². The molecule has 148 valence electrons. The van der Waals surface area contributed by atoms with E-state index in [1.54, 1.807) is 6.92 Å². The number of rotatable bonds is 4. The van der Waals surface area contributed by atoms with Crippen molar-refractivity contribution in [2.24, 2.45) is 0 Å². The number of aromatic nitrogens is 1. The van der Waals surface area contributed by atoms with Crippen LogP contribution in [-0.4, -0.2) is 30.6 Å². The summed E-state index contributed by atoms with van der Waals surface area (Å²) in [5.41, 5.74) is 0.177. The molecule has 9 heteroatoms. The van der Waals surface area contributed by atoms with Crippen molar-refractivity contribution in [1.82, 2.24) is 10.3 Å². The van der Waals surface area contributed by atoms with E-state index in [-0.39, 0.29) is 42.1 Å². The van der Waals surface area contributed by atoms with Gasteiger partial charge in [-0.05, 0) is 56.5 Å². The second-order valence-electron chi connectivity index (χ2n) is 6.08. The Bertz CT molecular complexity index is 786. The number of nitrogens with zero attached hydrogens (tertiary/aromatic N) is 1. The molecule has 1 fully saturated rings. The molecule has 1 aromatic carbocycles. The fraction of sp³-hybridized carbons (Fsp3) is 0.444. The quantitative estimate of drug-likeness (QED) is 0.764. The molecule has 27 heavy (non-hydrogen) atoms. The number of piperidine rings is 1. The highest BCUT2D eigenvalue weighted by atomic mass is 35.5. The molecule has 0 saturated carbocycles. The summed E-state index contributed by atoms with van der Waals surface area (Å²) in [7, 11) is 0. The van der Waals surface area contributed by atoms with Crippen LogP contribution in [0.2, 0.25) is 0 Å². The van der Waals surface area contributed by atoms with E-state index in [0.717, 1.165) is 49.9 Å². The van der Waals surface area contributed by atoms with Crippen LogP contribution in [0.4, 0.5) is 13.2 Å². The molecular weight excluding hydrogens is 385 g/mol. The number of halogens is 4. The zero-order valence-electron chi connectivity index (χ0n) is 14.6. The van der Waals surface area contributed by atoms with E-state index in [2.05, 4.69) is 10.3 Å². The summed E-state index contributed by atoms with van der Waals surface area (Å²) < 4.78 is 49.6. The van der Waals surface area contributed by atoms with Crippen LogP contribution in [0.5, 0.6) is 0 Å². The van der Waals surface area contributed by atoms with E-state index in [1.807, 2.05) is 0 Å². The summed E-state index contributed by atoms with van der Waals surface area (Å²) >= 11 is 0. The molecule has 2 aromatic rings. The zero-order chi connectivity index (χ0) is 18.7. The van der Waals surface area contributed by atoms with Gasteiger partial charge in [0.25, 0.3) is 0 Å². The van der Waals surface area contributed by atoms with Gasteiger partial charge < -0.3 is 14.5 Å². The lowest BCUT2D eigenvalue weighted by Crippen LogP contribution is -2.27. The van der Waals surface area contributed by atoms with Gasteiger partial charge in [0.1, 0.15) is 6.26 Å². The number of esters is 1. The van der Waals surface area contributed by atoms with Gasteiger partial charge in [-0.2, -0.15) is 13.2 Å². The Labute approximate surface area is 160 Å². The average Bonchev–Trinajstić information content (AvgIpc) is 3.11. The van der Waals surface area contributed by atoms with Crippen LogP contribution < -0.4 is 5.32 Å². The third-order valence-corrected chi connectivity index (χ3v) is 4.38. The van der Waals surface area contributed by atoms with Gasteiger partial charge in [0.05, 0.1) is 12.2 Å². The summed E-state index contributed by atoms with van der Waals surface area (Å²) in [4.78, 5) is 15.8. The fourth-order valence-electron chi connectivity index (χ4n) is 3.10. The Kier molecular flexibility index (Phi) is 6.89. The van der Waals surface area contributed by atoms with E-state index in [1.165, 1.54) is 6.07 Å². The van der Waals surface area contributed by atoms with E-state index < -0.39 is 17.7 Å². The first-order valence-electron chi connectivity index (χ1n) is 8.45. The number of hydrogen-bond donors (Lipinski definition) is 1. The Morgan fingerprint density at radius 1 is 1.33 bits per heavy atom. The summed E-state index contributed by atoms with van der Waals surface area (Å²) in [6, 6.07) is 3.61. The molecule has 0 amide bonds. The van der Waals surface area contributed by atoms with Crippen molar-refractivity contribution >= 4 is 18.4 Å². The minimum atomic E-state index is -4.47. The number of alkyl halides is 3. The lowest BCUT2D eigenvalue weighted by Gasteiger charge is -2.25. The largest absolute Gasteiger partial charge is 0.461 e. The molecule has 0 spiro atoms. The molecule has 1 saturated heterocycles. The highest BCUT2D eigenvalue weighted by Crippen LogP contribution is 2.38. The molecule has 1 aliphatic rings. The van der Waals surface area contributed by atoms with Gasteiger partial charge in [0.15, 0.2) is 5.69 Å². The van der Waals surface area contributed by atoms with Crippen LogP contribution in [0, 0.1) is 0 Å². The monoisotopic (exact) mass is 404 g/mol. The van der Waals surface area contributed by atoms with E-state index in [0.29, 0.717) is 0 Å². The highest BCUT2D eigenvalue weighted by Gasteiger charge is 2.33. The number of benzene rings is 1. The predicted octanol–water partition coefficient (Wildman–Crippen LogP) is 4.43. The molecule has 0 atom stereocenters. The first-order chi connectivity index (χ1) is 12.4. The summed E-state index contributed by atoms with van der Waals surface area (Å²) in [5, 5.41) is 3.23. The first kappa shape index (κ1) is 21.2. The summed E-state index contributed by atoms with van der Waals surface area (Å²) in [5.74, 6) is -0.572. The number of carbonyl (C=O) groups is 1. The average molecular weight is 405 g/mol. The van der Waals surface area contributed by atoms with Crippen LogP contribution >= 0.6 is 12.4 Å². The minimum absolute atomic E-state index is 0. The van der Waals surface area contributed by atoms with Crippen LogP contribution in [0.15, 0.2) is 28.9 Å². The maximum absolute atomic E-state index is 13.2. The summed E-state index contributed by atoms with van der Waals surface area (Å²) in [6.07, 6.45) is -1.74. The van der Waals surface area contributed by atoms with Gasteiger partial charge in [-0.1, -0.05) is 6.07 Å². The Morgan fingerprint density at radius 2 is 2.04 bits per heavy atom. The molecule has 2 heterocycles. The van der Waals surface area contributed by atoms with Crippen LogP contribution in [0.1, 0.15) is 47.3 Å². The fourth-order valence-corrected chi connectivity index (χ4v) is 3.10. The van der Waals surface area contributed by atoms with Gasteiger partial charge in [-0.15, -0.1) is 12.4 Å². The lowest BCUT2D eigenvalue weighted by molar-refractivity contribution is -0.137. The molecule has 0 radical (unpaired) electrons. The Balaban J connectivity index is 0.00000261. The Hall–Kier alpha value is -2.06. The smallest absolute Gasteiger partial charge is 0.416 e. The topological polar surface area (TPSA) is 64.4 Å². The van der Waals surface area contributed by atoms with E-state index in [4.69, 9.17) is 9.15 Å². The molecule has 0 unspecified atom stereocenters. The van der Waals surface area contributed by atoms with Crippen molar-refractivity contribution in [2.45, 2.75) is 31.9 Å². The first-order valence-corrected chi connectivity index (χ1v) is 8.45. The highest BCUT2D eigenvalue weighted by molar-refractivity contribution is 5.87. The molecule has 5 nitrogen and oxygen atoms in total. The van der Waals surface area contributed by atoms with Crippen molar-refractivity contribution in [3.63, 3.8) is 0 Å². The van der Waals surface area contributed by atoms with Crippen molar-refractivity contribution in [3.05, 3.63) is 41.3 Å². The van der Waals surface area contributed by atoms with Crippen molar-refractivity contribution in [3.8, 4) is 11.5 Å². The standard InChI is InChI=1S/C18H19F3N2O3.ClH/c1-2-25-17(24)15-10-26-16(23-15)14-9-12(18(19,20)21)3-4-13(14)11-5-7-22-8-6-11;/h3-4,9-11,22H,2,5-8H2,1H3;1H. The second-order valence-corrected chi connectivity index (χ2v) is 6.08. The number of oxazole rings is 1. The predicted molar refractivity (Wildman–Crippen MR) is 95.0 cm³/mol. The van der Waals surface area contributed by atoms with E-state index in [9.17, 15) is 18.0 Å². The maximum Gasteiger partial charge on any atom is 0.416 e. The number of nitrogens with one attached hydrogen (secondary N) is 1. The molecule has 0 aliphatic carbocycles. The minimum Gasteiger partial charge on any atom is -0.461 e. The van der Waals surface area contributed by atoms with Crippen molar-refractivity contribution in [1.29, 1.82) is 0 Å². The molecule has 0 bridgehead atoms. The normalized spacial score (nSPS) is 15.3. The lowest BCUT2D eigenvalue weighted by atomic mass is 9.86. The Morgan fingerprint density at radius 3 is 2.67 bits per heavy atom. The molecule has 1 N–H and O–H groups in total. The van der Waals surface area contributed by atoms with Gasteiger partial charge in [0, 0.05) is 5.56 Å². The van der Waals surface area contributed by atoms with Crippen LogP contribution in [-0.2, 0) is 10.9 Å². The number of carbonyl (C=O) groups excluding carboxylic acids is 1. The molecule has 1 aromatic heterocycles. The van der Waals surface area contributed by atoms with Gasteiger partial charge >= 0.3 is 12.1 Å². The number of ether oxygens (including phenoxy) is 1. The second kappa shape index (κ2) is 8.75. The van der Waals surface area contributed by atoms with E-state index >= 15 is 0 Å². The zero-order valence-corrected chi connectivity index (χ0v) is 15.5. The summed E-state index contributed by atoms with van der Waals surface area (Å²) in [6.45, 7) is 3.42. The maximum atomic E-state index is 13.2. The van der Waals surface area contributed by atoms with Gasteiger partial charge in [-0.3, -0.25) is 0 Å². The third kappa shape index (κ3) is 4.81. The van der Waals surface area contributed by atoms with Gasteiger partial charge in [0.2, 0.25) is 5.89 Å². The molecule has 3 rings (SSSR count). The van der Waals surface area contributed by atoms with Gasteiger partial charge in [-0.25, -0.2) is 9.78 Å². The van der Waals surface area contributed by atoms with Crippen LogP contribution in [0.25, 0.3) is 11.5 Å². The van der Waals surface area contributed by atoms with Crippen molar-refractivity contribution in [2.75, 3.05) is 19.7 Å². The SMILES string of the molecule is CCOC(=O)c1coc(-c2cc(C(F)(F)F)ccc2C2CCNCC2)n1.Cl.